The largest absolute Gasteiger partial charge is 0.395 e. The Bertz CT molecular complexity index is 882. The van der Waals surface area contributed by atoms with Crippen molar-refractivity contribution in [2.75, 3.05) is 13.2 Å². The molecule has 28 heavy (non-hydrogen) atoms. The maximum atomic E-state index is 13.1. The zero-order chi connectivity index (χ0) is 20.1. The summed E-state index contributed by atoms with van der Waals surface area (Å²) in [5.41, 5.74) is 1.78. The molecule has 0 fully saturated rings. The first-order valence-electron chi connectivity index (χ1n) is 8.80. The van der Waals surface area contributed by atoms with Crippen molar-refractivity contribution >= 4 is 35.4 Å². The number of aromatic nitrogens is 1. The third-order valence-electron chi connectivity index (χ3n) is 4.29. The van der Waals surface area contributed by atoms with Gasteiger partial charge in [0.1, 0.15) is 23.4 Å². The average molecular weight is 407 g/mol. The van der Waals surface area contributed by atoms with E-state index in [1.54, 1.807) is 24.4 Å². The Morgan fingerprint density at radius 1 is 1.36 bits per heavy atom. The Morgan fingerprint density at radius 3 is 2.82 bits per heavy atom. The third kappa shape index (κ3) is 4.96. The summed E-state index contributed by atoms with van der Waals surface area (Å²) in [7, 11) is 0. The molecule has 0 aliphatic carbocycles. The molecule has 7 nitrogen and oxygen atoms in total. The van der Waals surface area contributed by atoms with Gasteiger partial charge in [0, 0.05) is 19.2 Å². The zero-order valence-electron chi connectivity index (χ0n) is 14.9. The highest BCUT2D eigenvalue weighted by Gasteiger charge is 2.24. The number of fused-ring (bicyclic) bond motifs is 1. The molecule has 9 heteroatoms. The van der Waals surface area contributed by atoms with Gasteiger partial charge in [-0.15, -0.1) is 11.6 Å². The molecular formula is C19H20ClFN4O3. The molecular weight excluding hydrogens is 387 g/mol. The van der Waals surface area contributed by atoms with Crippen LogP contribution in [0.1, 0.15) is 21.6 Å². The lowest BCUT2D eigenvalue weighted by atomic mass is 10.0. The van der Waals surface area contributed by atoms with Crippen LogP contribution in [0.15, 0.2) is 35.3 Å². The zero-order valence-corrected chi connectivity index (χ0v) is 15.7. The minimum absolute atomic E-state index is 0.0667. The number of aromatic amines is 1. The van der Waals surface area contributed by atoms with Crippen LogP contribution in [0.5, 0.6) is 0 Å². The summed E-state index contributed by atoms with van der Waals surface area (Å²) in [5.74, 6) is -0.727. The molecule has 0 saturated carbocycles. The average Bonchev–Trinajstić information content (AvgIpc) is 3.10. The summed E-state index contributed by atoms with van der Waals surface area (Å²) in [4.78, 5) is 32.2. The third-order valence-corrected chi connectivity index (χ3v) is 4.55. The Morgan fingerprint density at radius 2 is 2.11 bits per heavy atom. The second-order valence-corrected chi connectivity index (χ2v) is 6.99. The molecule has 4 N–H and O–H groups in total. The van der Waals surface area contributed by atoms with E-state index >= 15 is 0 Å². The number of carbonyl (C=O) groups excluding carboxylic acids is 2. The van der Waals surface area contributed by atoms with Gasteiger partial charge >= 0.3 is 0 Å². The molecule has 148 valence electrons. The Hall–Kier alpha value is -2.71. The number of nitrogens with one attached hydrogen (secondary N) is 3. The van der Waals surface area contributed by atoms with Crippen LogP contribution in [0.3, 0.4) is 0 Å². The first-order valence-corrected chi connectivity index (χ1v) is 9.24. The van der Waals surface area contributed by atoms with Crippen molar-refractivity contribution in [3.63, 3.8) is 0 Å². The maximum absolute atomic E-state index is 13.1. The smallest absolute Gasteiger partial charge is 0.268 e. The van der Waals surface area contributed by atoms with Gasteiger partial charge in [-0.2, -0.15) is 0 Å². The van der Waals surface area contributed by atoms with Crippen LogP contribution in [-0.4, -0.2) is 52.7 Å². The predicted octanol–water partition coefficient (Wildman–Crippen LogP) is 1.47. The van der Waals surface area contributed by atoms with Gasteiger partial charge in [0.05, 0.1) is 12.0 Å². The molecule has 2 amide bonds. The molecule has 3 rings (SSSR count). The van der Waals surface area contributed by atoms with Crippen molar-refractivity contribution in [3.8, 4) is 0 Å². The molecule has 1 aromatic heterocycles. The molecule has 1 aliphatic rings. The number of alkyl halides is 1. The van der Waals surface area contributed by atoms with E-state index in [2.05, 4.69) is 20.6 Å². The number of carbonyl (C=O) groups is 2. The van der Waals surface area contributed by atoms with Gasteiger partial charge in [0.25, 0.3) is 5.91 Å². The van der Waals surface area contributed by atoms with Gasteiger partial charge in [-0.1, -0.05) is 12.1 Å². The van der Waals surface area contributed by atoms with Crippen LogP contribution in [0.4, 0.5) is 10.2 Å². The summed E-state index contributed by atoms with van der Waals surface area (Å²) in [5, 5.41) is 13.9. The molecule has 2 aromatic rings. The molecule has 0 saturated heterocycles. The fourth-order valence-electron chi connectivity index (χ4n) is 2.90. The summed E-state index contributed by atoms with van der Waals surface area (Å²) in [6.45, 7) is -0.152. The number of aliphatic hydroxyl groups is 1. The van der Waals surface area contributed by atoms with Gasteiger partial charge in [-0.25, -0.2) is 9.38 Å². The van der Waals surface area contributed by atoms with Gasteiger partial charge in [-0.05, 0) is 35.7 Å². The number of amides is 2. The molecule has 1 aliphatic heterocycles. The topological polar surface area (TPSA) is 107 Å². The normalized spacial score (nSPS) is 16.3. The standard InChI is InChI=1S/C19H20ClFN4O3/c20-13-8-12-9-16(24-17(12)23-10-13)19(28)25-15(18(27)22-5-6-26)7-11-1-3-14(21)4-2-11/h1-4,9-10,13,15,24,26H,5-8H2,(H,22,27)(H,25,28)/t13?,15-/m1/s1. The lowest BCUT2D eigenvalue weighted by Crippen LogP contribution is -2.48. The van der Waals surface area contributed by atoms with E-state index in [1.807, 2.05) is 0 Å². The second-order valence-electron chi connectivity index (χ2n) is 6.43. The summed E-state index contributed by atoms with van der Waals surface area (Å²) in [6.07, 6.45) is 2.33. The first kappa shape index (κ1) is 20.0. The maximum Gasteiger partial charge on any atom is 0.268 e. The van der Waals surface area contributed by atoms with E-state index in [1.165, 1.54) is 12.1 Å². The Kier molecular flexibility index (Phi) is 6.43. The highest BCUT2D eigenvalue weighted by molar-refractivity contribution is 6.28. The van der Waals surface area contributed by atoms with Crippen LogP contribution in [0.25, 0.3) is 0 Å². The molecule has 1 aromatic carbocycles. The van der Waals surface area contributed by atoms with E-state index in [9.17, 15) is 14.0 Å². The second kappa shape index (κ2) is 8.99. The van der Waals surface area contributed by atoms with Crippen LogP contribution < -0.4 is 10.6 Å². The van der Waals surface area contributed by atoms with Crippen molar-refractivity contribution in [2.45, 2.75) is 24.3 Å². The molecule has 0 bridgehead atoms. The van der Waals surface area contributed by atoms with Crippen molar-refractivity contribution < 1.29 is 19.1 Å². The number of hydrogen-bond donors (Lipinski definition) is 4. The van der Waals surface area contributed by atoms with E-state index < -0.39 is 17.9 Å². The van der Waals surface area contributed by atoms with Crippen molar-refractivity contribution in [1.82, 2.24) is 15.6 Å². The molecule has 2 heterocycles. The number of aliphatic imine (C=N–C) groups is 1. The molecule has 2 atom stereocenters. The lowest BCUT2D eigenvalue weighted by Gasteiger charge is -2.18. The Labute approximate surface area is 166 Å². The van der Waals surface area contributed by atoms with Crippen LogP contribution in [0.2, 0.25) is 0 Å². The highest BCUT2D eigenvalue weighted by Crippen LogP contribution is 2.26. The Balaban J connectivity index is 1.74. The SMILES string of the molecule is O=C(N[C@H](Cc1ccc(F)cc1)C(=O)NCCO)c1cc2c([nH]1)N=CC(Cl)C2. The van der Waals surface area contributed by atoms with E-state index in [0.717, 1.165) is 5.56 Å². The number of nitrogens with zero attached hydrogens (tertiary/aromatic N) is 1. The minimum Gasteiger partial charge on any atom is -0.395 e. The highest BCUT2D eigenvalue weighted by atomic mass is 35.5. The van der Waals surface area contributed by atoms with E-state index in [0.29, 0.717) is 17.8 Å². The monoisotopic (exact) mass is 406 g/mol. The minimum atomic E-state index is -0.894. The summed E-state index contributed by atoms with van der Waals surface area (Å²) >= 11 is 6.05. The van der Waals surface area contributed by atoms with Gasteiger partial charge < -0.3 is 20.7 Å². The van der Waals surface area contributed by atoms with Crippen molar-refractivity contribution in [1.29, 1.82) is 0 Å². The number of rotatable bonds is 7. The first-order chi connectivity index (χ1) is 13.5. The van der Waals surface area contributed by atoms with Crippen LogP contribution in [-0.2, 0) is 17.6 Å². The number of benzene rings is 1. The van der Waals surface area contributed by atoms with Crippen molar-refractivity contribution in [2.24, 2.45) is 4.99 Å². The van der Waals surface area contributed by atoms with E-state index in [4.69, 9.17) is 16.7 Å². The molecule has 0 radical (unpaired) electrons. The quantitative estimate of drug-likeness (QED) is 0.523. The number of hydrogen-bond acceptors (Lipinski definition) is 4. The molecule has 1 unspecified atom stereocenters. The summed E-state index contributed by atoms with van der Waals surface area (Å²) < 4.78 is 13.1. The van der Waals surface area contributed by atoms with Gasteiger partial charge in [0.15, 0.2) is 0 Å². The van der Waals surface area contributed by atoms with Crippen LogP contribution >= 0.6 is 11.6 Å². The van der Waals surface area contributed by atoms with Gasteiger partial charge in [0.2, 0.25) is 5.91 Å². The number of aliphatic hydroxyl groups excluding tert-OH is 1. The molecule has 0 spiro atoms. The lowest BCUT2D eigenvalue weighted by molar-refractivity contribution is -0.123. The summed E-state index contributed by atoms with van der Waals surface area (Å²) in [6, 6.07) is 6.46. The van der Waals surface area contributed by atoms with Gasteiger partial charge in [-0.3, -0.25) is 9.59 Å². The fourth-order valence-corrected chi connectivity index (χ4v) is 3.12. The number of halogens is 2. The van der Waals surface area contributed by atoms with Crippen molar-refractivity contribution in [3.05, 3.63) is 53.0 Å². The van der Waals surface area contributed by atoms with E-state index in [-0.39, 0.29) is 36.5 Å². The number of H-pyrrole nitrogens is 1. The van der Waals surface area contributed by atoms with Crippen LogP contribution in [0, 0.1) is 5.82 Å². The fraction of sp³-hybridized carbons (Fsp3) is 0.316. The predicted molar refractivity (Wildman–Crippen MR) is 104 cm³/mol.